The summed E-state index contributed by atoms with van der Waals surface area (Å²) in [5.74, 6) is 0.241. The van der Waals surface area contributed by atoms with Gasteiger partial charge in [-0.05, 0) is 50.4 Å². The summed E-state index contributed by atoms with van der Waals surface area (Å²) in [4.78, 5) is 13.0. The van der Waals surface area contributed by atoms with Crippen molar-refractivity contribution in [3.8, 4) is 0 Å². The van der Waals surface area contributed by atoms with Crippen LogP contribution in [-0.4, -0.2) is 30.4 Å². The lowest BCUT2D eigenvalue weighted by atomic mass is 9.69. The van der Waals surface area contributed by atoms with Crippen LogP contribution in [0.25, 0.3) is 0 Å². The van der Waals surface area contributed by atoms with Gasteiger partial charge in [-0.3, -0.25) is 4.79 Å². The van der Waals surface area contributed by atoms with Crippen LogP contribution in [0.15, 0.2) is 11.6 Å². The predicted molar refractivity (Wildman–Crippen MR) is 95.8 cm³/mol. The van der Waals surface area contributed by atoms with Crippen molar-refractivity contribution in [3.05, 3.63) is 11.6 Å². The van der Waals surface area contributed by atoms with Gasteiger partial charge >= 0.3 is 0 Å². The first kappa shape index (κ1) is 18.0. The van der Waals surface area contributed by atoms with E-state index in [0.29, 0.717) is 12.3 Å². The van der Waals surface area contributed by atoms with Gasteiger partial charge in [-0.1, -0.05) is 39.3 Å². The van der Waals surface area contributed by atoms with Gasteiger partial charge < -0.3 is 0 Å². The molecule has 1 heterocycles. The van der Waals surface area contributed by atoms with Crippen LogP contribution in [0.5, 0.6) is 0 Å². The van der Waals surface area contributed by atoms with E-state index in [4.69, 9.17) is 0 Å². The molecule has 5 heteroatoms. The number of rotatable bonds is 4. The summed E-state index contributed by atoms with van der Waals surface area (Å²) in [5.41, 5.74) is 0.958. The molecule has 0 N–H and O–H groups in total. The highest BCUT2D eigenvalue weighted by molar-refractivity contribution is 7.90. The van der Waals surface area contributed by atoms with Crippen LogP contribution >= 0.6 is 0 Å². The fourth-order valence-electron chi connectivity index (χ4n) is 5.80. The normalized spacial score (nSPS) is 37.5. The Labute approximate surface area is 146 Å². The zero-order chi connectivity index (χ0) is 17.9. The Morgan fingerprint density at radius 3 is 2.62 bits per heavy atom. The third-order valence-electron chi connectivity index (χ3n) is 7.23. The number of carbonyl (C=O) groups excluding carboxylic acids is 1. The van der Waals surface area contributed by atoms with E-state index < -0.39 is 10.0 Å². The maximum absolute atomic E-state index is 13.0. The third-order valence-corrected chi connectivity index (χ3v) is 9.14. The van der Waals surface area contributed by atoms with Crippen LogP contribution in [0.1, 0.15) is 66.7 Å². The molecule has 136 valence electrons. The summed E-state index contributed by atoms with van der Waals surface area (Å²) in [6, 6.07) is -0.110. The molecule has 1 aliphatic heterocycles. The number of hydrogen-bond donors (Lipinski definition) is 0. The molecule has 3 rings (SSSR count). The first-order valence-electron chi connectivity index (χ1n) is 9.28. The molecule has 0 aromatic heterocycles. The van der Waals surface area contributed by atoms with Crippen molar-refractivity contribution >= 4 is 15.9 Å². The van der Waals surface area contributed by atoms with Crippen molar-refractivity contribution < 1.29 is 13.2 Å². The van der Waals surface area contributed by atoms with Gasteiger partial charge in [0.15, 0.2) is 0 Å². The molecule has 2 bridgehead atoms. The van der Waals surface area contributed by atoms with Crippen LogP contribution < -0.4 is 0 Å². The number of fused-ring (bicyclic) bond motifs is 1. The first-order valence-corrected chi connectivity index (χ1v) is 10.9. The summed E-state index contributed by atoms with van der Waals surface area (Å²) in [6.07, 6.45) is 6.61. The van der Waals surface area contributed by atoms with Crippen molar-refractivity contribution in [1.29, 1.82) is 0 Å². The molecule has 3 fully saturated rings. The van der Waals surface area contributed by atoms with E-state index >= 15 is 0 Å². The molecule has 0 unspecified atom stereocenters. The number of allylic oxidation sites excluding steroid dienone is 2. The first-order chi connectivity index (χ1) is 11.1. The lowest BCUT2D eigenvalue weighted by molar-refractivity contribution is -0.132. The van der Waals surface area contributed by atoms with Crippen molar-refractivity contribution in [2.75, 3.05) is 5.75 Å². The van der Waals surface area contributed by atoms with Crippen LogP contribution in [0, 0.1) is 22.7 Å². The Morgan fingerprint density at radius 1 is 1.38 bits per heavy atom. The van der Waals surface area contributed by atoms with Gasteiger partial charge in [0.2, 0.25) is 15.9 Å². The highest BCUT2D eigenvalue weighted by Gasteiger charge is 2.72. The Morgan fingerprint density at radius 2 is 2.04 bits per heavy atom. The monoisotopic (exact) mass is 353 g/mol. The van der Waals surface area contributed by atoms with E-state index in [2.05, 4.69) is 26.8 Å². The minimum Gasteiger partial charge on any atom is -0.273 e. The molecule has 1 spiro atoms. The molecule has 4 atom stereocenters. The van der Waals surface area contributed by atoms with E-state index in [9.17, 15) is 13.2 Å². The van der Waals surface area contributed by atoms with Crippen molar-refractivity contribution in [2.24, 2.45) is 22.7 Å². The smallest absolute Gasteiger partial charge is 0.239 e. The number of sulfonamides is 1. The molecule has 0 aromatic rings. The number of amides is 1. The molecule has 2 aliphatic carbocycles. The molecular formula is C19H31NO3S. The average molecular weight is 354 g/mol. The molecule has 1 saturated heterocycles. The Kier molecular flexibility index (Phi) is 4.18. The van der Waals surface area contributed by atoms with Crippen molar-refractivity contribution in [3.63, 3.8) is 0 Å². The van der Waals surface area contributed by atoms with Crippen LogP contribution in [0.2, 0.25) is 0 Å². The number of hydrogen-bond acceptors (Lipinski definition) is 3. The van der Waals surface area contributed by atoms with Gasteiger partial charge in [0.1, 0.15) is 0 Å². The second kappa shape index (κ2) is 5.58. The number of carbonyl (C=O) groups is 1. The van der Waals surface area contributed by atoms with Crippen molar-refractivity contribution in [2.45, 2.75) is 72.8 Å². The van der Waals surface area contributed by atoms with E-state index in [-0.39, 0.29) is 34.4 Å². The lowest BCUT2D eigenvalue weighted by Crippen LogP contribution is -2.45. The SMILES string of the molecule is CC/C=C(\C)C[C@@H](C)C(=O)N1[C@H]2C[C@@H]3CC[C@@]2(CS1(=O)=O)C3(C)C. The van der Waals surface area contributed by atoms with Crippen LogP contribution in [0.4, 0.5) is 0 Å². The van der Waals surface area contributed by atoms with E-state index in [1.165, 1.54) is 4.31 Å². The topological polar surface area (TPSA) is 54.5 Å². The standard InChI is InChI=1S/C19H31NO3S/c1-6-7-13(2)10-14(3)17(21)20-16-11-15-8-9-19(16,18(15,4)5)12-24(20,22)23/h7,14-16H,6,8-12H2,1-5H3/b13-7+/t14-,15+,16+,19+/m1/s1. The summed E-state index contributed by atoms with van der Waals surface area (Å²) in [7, 11) is -3.49. The van der Waals surface area contributed by atoms with Gasteiger partial charge in [0.05, 0.1) is 11.8 Å². The number of nitrogens with zero attached hydrogens (tertiary/aromatic N) is 1. The lowest BCUT2D eigenvalue weighted by Gasteiger charge is -2.37. The third kappa shape index (κ3) is 2.30. The molecular weight excluding hydrogens is 322 g/mol. The van der Waals surface area contributed by atoms with Gasteiger partial charge in [0, 0.05) is 11.3 Å². The molecule has 4 nitrogen and oxygen atoms in total. The van der Waals surface area contributed by atoms with Crippen LogP contribution in [-0.2, 0) is 14.8 Å². The largest absolute Gasteiger partial charge is 0.273 e. The second-order valence-corrected chi connectivity index (χ2v) is 10.7. The summed E-state index contributed by atoms with van der Waals surface area (Å²) in [5, 5.41) is 0. The zero-order valence-corrected chi connectivity index (χ0v) is 16.4. The van der Waals surface area contributed by atoms with E-state index in [1.807, 2.05) is 13.8 Å². The minimum absolute atomic E-state index is 0.0149. The van der Waals surface area contributed by atoms with Crippen molar-refractivity contribution in [1.82, 2.24) is 4.31 Å². The van der Waals surface area contributed by atoms with Gasteiger partial charge in [-0.25, -0.2) is 12.7 Å². The Bertz CT molecular complexity index is 679. The predicted octanol–water partition coefficient (Wildman–Crippen LogP) is 3.74. The van der Waals surface area contributed by atoms with Gasteiger partial charge in [0.25, 0.3) is 0 Å². The second-order valence-electron chi connectivity index (χ2n) is 8.82. The van der Waals surface area contributed by atoms with E-state index in [0.717, 1.165) is 31.3 Å². The fourth-order valence-corrected chi connectivity index (χ4v) is 8.43. The van der Waals surface area contributed by atoms with Gasteiger partial charge in [-0.2, -0.15) is 0 Å². The average Bonchev–Trinajstić information content (AvgIpc) is 2.93. The van der Waals surface area contributed by atoms with Crippen LogP contribution in [0.3, 0.4) is 0 Å². The molecule has 24 heavy (non-hydrogen) atoms. The minimum atomic E-state index is -3.49. The molecule has 0 aromatic carbocycles. The Balaban J connectivity index is 1.89. The molecule has 3 aliphatic rings. The highest BCUT2D eigenvalue weighted by Crippen LogP contribution is 2.70. The van der Waals surface area contributed by atoms with E-state index in [1.54, 1.807) is 0 Å². The zero-order valence-electron chi connectivity index (χ0n) is 15.6. The molecule has 1 amide bonds. The maximum Gasteiger partial charge on any atom is 0.239 e. The van der Waals surface area contributed by atoms with Gasteiger partial charge in [-0.15, -0.1) is 0 Å². The summed E-state index contributed by atoms with van der Waals surface area (Å²) >= 11 is 0. The molecule has 0 radical (unpaired) electrons. The molecule has 2 saturated carbocycles. The fraction of sp³-hybridized carbons (Fsp3) is 0.842. The Hall–Kier alpha value is -0.840. The summed E-state index contributed by atoms with van der Waals surface area (Å²) < 4.78 is 27.1. The summed E-state index contributed by atoms with van der Waals surface area (Å²) in [6.45, 7) is 10.4. The highest BCUT2D eigenvalue weighted by atomic mass is 32.2. The quantitative estimate of drug-likeness (QED) is 0.724. The maximum atomic E-state index is 13.0.